The summed E-state index contributed by atoms with van der Waals surface area (Å²) in [5, 5.41) is 7.45. The van der Waals surface area contributed by atoms with Crippen LogP contribution in [0.3, 0.4) is 0 Å². The number of carbonyl (C=O) groups excluding carboxylic acids is 1. The first kappa shape index (κ1) is 15.9. The molecule has 0 bridgehead atoms. The van der Waals surface area contributed by atoms with Crippen molar-refractivity contribution in [2.24, 2.45) is 5.14 Å². The number of halogens is 1. The second-order valence-electron chi connectivity index (χ2n) is 4.10. The number of anilines is 1. The van der Waals surface area contributed by atoms with E-state index in [1.54, 1.807) is 0 Å². The third-order valence-electron chi connectivity index (χ3n) is 2.07. The van der Waals surface area contributed by atoms with E-state index in [4.69, 9.17) is 21.5 Å². The van der Waals surface area contributed by atoms with Crippen LogP contribution in [0.2, 0.25) is 5.02 Å². The maximum atomic E-state index is 11.5. The minimum Gasteiger partial charge on any atom is -0.369 e. The number of hydrogen-bond acceptors (Lipinski definition) is 4. The molecule has 1 aromatic carbocycles. The van der Waals surface area contributed by atoms with Gasteiger partial charge < -0.3 is 10.1 Å². The van der Waals surface area contributed by atoms with Crippen molar-refractivity contribution in [3.8, 4) is 0 Å². The predicted molar refractivity (Wildman–Crippen MR) is 72.5 cm³/mol. The van der Waals surface area contributed by atoms with Crippen molar-refractivity contribution < 1.29 is 17.9 Å². The number of rotatable bonds is 5. The van der Waals surface area contributed by atoms with Crippen molar-refractivity contribution in [1.29, 1.82) is 0 Å². The second-order valence-corrected chi connectivity index (χ2v) is 6.04. The van der Waals surface area contributed by atoms with Crippen LogP contribution in [-0.2, 0) is 19.6 Å². The fourth-order valence-electron chi connectivity index (χ4n) is 1.25. The molecule has 1 amide bonds. The lowest BCUT2D eigenvalue weighted by atomic mass is 10.3. The third-order valence-corrected chi connectivity index (χ3v) is 3.46. The quantitative estimate of drug-likeness (QED) is 0.857. The molecule has 19 heavy (non-hydrogen) atoms. The highest BCUT2D eigenvalue weighted by Crippen LogP contribution is 2.23. The van der Waals surface area contributed by atoms with Gasteiger partial charge in [0.2, 0.25) is 15.9 Å². The normalized spacial score (nSPS) is 11.6. The molecule has 1 rings (SSSR count). The third kappa shape index (κ3) is 5.15. The summed E-state index contributed by atoms with van der Waals surface area (Å²) in [6.07, 6.45) is -0.0564. The zero-order chi connectivity index (χ0) is 14.6. The van der Waals surface area contributed by atoms with E-state index in [1.165, 1.54) is 18.2 Å². The number of nitrogens with one attached hydrogen (secondary N) is 1. The average molecular weight is 307 g/mol. The summed E-state index contributed by atoms with van der Waals surface area (Å²) < 4.78 is 27.4. The van der Waals surface area contributed by atoms with Crippen LogP contribution in [0.1, 0.15) is 13.8 Å². The SMILES string of the molecule is CC(C)OCC(=O)Nc1ccc(S(N)(=O)=O)c(Cl)c1. The second kappa shape index (κ2) is 6.33. The fraction of sp³-hybridized carbons (Fsp3) is 0.364. The van der Waals surface area contributed by atoms with Gasteiger partial charge in [0, 0.05) is 5.69 Å². The van der Waals surface area contributed by atoms with Crippen LogP contribution in [0.25, 0.3) is 0 Å². The highest BCUT2D eigenvalue weighted by Gasteiger charge is 2.13. The van der Waals surface area contributed by atoms with E-state index in [9.17, 15) is 13.2 Å². The first-order valence-electron chi connectivity index (χ1n) is 5.44. The van der Waals surface area contributed by atoms with Crippen LogP contribution < -0.4 is 10.5 Å². The molecule has 0 spiro atoms. The molecule has 8 heteroatoms. The summed E-state index contributed by atoms with van der Waals surface area (Å²) in [5.41, 5.74) is 0.370. The van der Waals surface area contributed by atoms with Crippen molar-refractivity contribution in [1.82, 2.24) is 0 Å². The topological polar surface area (TPSA) is 98.5 Å². The van der Waals surface area contributed by atoms with Crippen molar-refractivity contribution in [2.75, 3.05) is 11.9 Å². The Balaban J connectivity index is 2.77. The van der Waals surface area contributed by atoms with Crippen LogP contribution in [0.4, 0.5) is 5.69 Å². The van der Waals surface area contributed by atoms with Gasteiger partial charge in [-0.15, -0.1) is 0 Å². The molecular weight excluding hydrogens is 292 g/mol. The predicted octanol–water partition coefficient (Wildman–Crippen LogP) is 1.35. The molecule has 0 heterocycles. The summed E-state index contributed by atoms with van der Waals surface area (Å²) in [6, 6.07) is 3.95. The molecule has 0 fully saturated rings. The average Bonchev–Trinajstić information content (AvgIpc) is 2.24. The molecule has 0 saturated heterocycles. The van der Waals surface area contributed by atoms with E-state index in [-0.39, 0.29) is 28.5 Å². The summed E-state index contributed by atoms with van der Waals surface area (Å²) >= 11 is 5.78. The summed E-state index contributed by atoms with van der Waals surface area (Å²) in [5.74, 6) is -0.354. The molecule has 1 aromatic rings. The van der Waals surface area contributed by atoms with E-state index < -0.39 is 10.0 Å². The molecule has 0 unspecified atom stereocenters. The van der Waals surface area contributed by atoms with Gasteiger partial charge in [0.15, 0.2) is 0 Å². The molecular formula is C11H15ClN2O4S. The van der Waals surface area contributed by atoms with Gasteiger partial charge >= 0.3 is 0 Å². The number of carbonyl (C=O) groups is 1. The molecule has 0 aliphatic carbocycles. The number of primary sulfonamides is 1. The molecule has 0 saturated carbocycles. The lowest BCUT2D eigenvalue weighted by Gasteiger charge is -2.09. The summed E-state index contributed by atoms with van der Waals surface area (Å²) in [7, 11) is -3.87. The van der Waals surface area contributed by atoms with Crippen LogP contribution >= 0.6 is 11.6 Å². The lowest BCUT2D eigenvalue weighted by molar-refractivity contribution is -0.121. The summed E-state index contributed by atoms with van der Waals surface area (Å²) in [4.78, 5) is 11.3. The Morgan fingerprint density at radius 1 is 1.47 bits per heavy atom. The van der Waals surface area contributed by atoms with Crippen LogP contribution in [0, 0.1) is 0 Å². The van der Waals surface area contributed by atoms with E-state index >= 15 is 0 Å². The Morgan fingerprint density at radius 3 is 2.58 bits per heavy atom. The zero-order valence-corrected chi connectivity index (χ0v) is 12.1. The van der Waals surface area contributed by atoms with Gasteiger partial charge in [-0.2, -0.15) is 0 Å². The van der Waals surface area contributed by atoms with Crippen molar-refractivity contribution in [3.63, 3.8) is 0 Å². The van der Waals surface area contributed by atoms with Crippen LogP contribution in [-0.4, -0.2) is 27.0 Å². The van der Waals surface area contributed by atoms with Crippen molar-refractivity contribution >= 4 is 33.2 Å². The molecule has 0 aliphatic rings. The Hall–Kier alpha value is -1.15. The van der Waals surface area contributed by atoms with Gasteiger partial charge in [-0.3, -0.25) is 4.79 Å². The first-order chi connectivity index (χ1) is 8.70. The van der Waals surface area contributed by atoms with E-state index in [1.807, 2.05) is 13.8 Å². The van der Waals surface area contributed by atoms with Gasteiger partial charge in [0.25, 0.3) is 0 Å². The fourth-order valence-corrected chi connectivity index (χ4v) is 2.34. The minimum absolute atomic E-state index is 0.0509. The maximum absolute atomic E-state index is 11.5. The minimum atomic E-state index is -3.87. The highest BCUT2D eigenvalue weighted by atomic mass is 35.5. The number of sulfonamides is 1. The largest absolute Gasteiger partial charge is 0.369 e. The van der Waals surface area contributed by atoms with Crippen molar-refractivity contribution in [2.45, 2.75) is 24.8 Å². The number of ether oxygens (including phenoxy) is 1. The van der Waals surface area contributed by atoms with Crippen LogP contribution in [0.5, 0.6) is 0 Å². The van der Waals surface area contributed by atoms with Gasteiger partial charge in [0.05, 0.1) is 11.1 Å². The first-order valence-corrected chi connectivity index (χ1v) is 7.36. The molecule has 3 N–H and O–H groups in total. The Morgan fingerprint density at radius 2 is 2.11 bits per heavy atom. The maximum Gasteiger partial charge on any atom is 0.250 e. The Labute approximate surface area is 116 Å². The van der Waals surface area contributed by atoms with Gasteiger partial charge in [-0.25, -0.2) is 13.6 Å². The van der Waals surface area contributed by atoms with Crippen molar-refractivity contribution in [3.05, 3.63) is 23.2 Å². The molecule has 106 valence electrons. The number of benzene rings is 1. The van der Waals surface area contributed by atoms with Gasteiger partial charge in [0.1, 0.15) is 11.5 Å². The van der Waals surface area contributed by atoms with Crippen LogP contribution in [0.15, 0.2) is 23.1 Å². The molecule has 0 aromatic heterocycles. The monoisotopic (exact) mass is 306 g/mol. The molecule has 0 atom stereocenters. The number of nitrogens with two attached hydrogens (primary N) is 1. The molecule has 0 radical (unpaired) electrons. The molecule has 0 aliphatic heterocycles. The Bertz CT molecular complexity index is 572. The lowest BCUT2D eigenvalue weighted by Crippen LogP contribution is -2.20. The van der Waals surface area contributed by atoms with E-state index in [0.29, 0.717) is 5.69 Å². The number of amides is 1. The standard InChI is InChI=1S/C11H15ClN2O4S/c1-7(2)18-6-11(15)14-8-3-4-10(9(12)5-8)19(13,16)17/h3-5,7H,6H2,1-2H3,(H,14,15)(H2,13,16,17). The number of hydrogen-bond donors (Lipinski definition) is 2. The smallest absolute Gasteiger partial charge is 0.250 e. The zero-order valence-electron chi connectivity index (χ0n) is 10.5. The van der Waals surface area contributed by atoms with Gasteiger partial charge in [-0.1, -0.05) is 11.6 Å². The van der Waals surface area contributed by atoms with Gasteiger partial charge in [-0.05, 0) is 32.0 Å². The molecule has 6 nitrogen and oxygen atoms in total. The van der Waals surface area contributed by atoms with E-state index in [2.05, 4.69) is 5.32 Å². The Kier molecular flexibility index (Phi) is 5.30. The summed E-state index contributed by atoms with van der Waals surface area (Å²) in [6.45, 7) is 3.53. The highest BCUT2D eigenvalue weighted by molar-refractivity contribution is 7.89. The van der Waals surface area contributed by atoms with E-state index in [0.717, 1.165) is 0 Å².